The fourth-order valence-corrected chi connectivity index (χ4v) is 2.88. The van der Waals surface area contributed by atoms with Crippen molar-refractivity contribution in [3.8, 4) is 0 Å². The van der Waals surface area contributed by atoms with Crippen LogP contribution in [0.15, 0.2) is 10.7 Å². The molecule has 1 aromatic heterocycles. The normalized spacial score (nSPS) is 35.4. The molecule has 2 aliphatic rings. The van der Waals surface area contributed by atoms with Gasteiger partial charge in [-0.2, -0.15) is 5.10 Å². The van der Waals surface area contributed by atoms with Crippen molar-refractivity contribution < 1.29 is 9.47 Å². The van der Waals surface area contributed by atoms with Crippen LogP contribution in [0.2, 0.25) is 0 Å². The summed E-state index contributed by atoms with van der Waals surface area (Å²) in [4.78, 5) is 0. The monoisotopic (exact) mass is 258 g/mol. The Hall–Kier alpha value is -0.390. The molecule has 76 valence electrons. The lowest BCUT2D eigenvalue weighted by molar-refractivity contribution is 0.0415. The van der Waals surface area contributed by atoms with Gasteiger partial charge in [0.1, 0.15) is 0 Å². The van der Waals surface area contributed by atoms with Gasteiger partial charge in [-0.3, -0.25) is 4.68 Å². The van der Waals surface area contributed by atoms with E-state index in [4.69, 9.17) is 9.47 Å². The van der Waals surface area contributed by atoms with Gasteiger partial charge in [0.25, 0.3) is 0 Å². The smallest absolute Gasteiger partial charge is 0.193 e. The van der Waals surface area contributed by atoms with Crippen molar-refractivity contribution in [1.82, 2.24) is 9.78 Å². The second kappa shape index (κ2) is 2.81. The second-order valence-corrected chi connectivity index (χ2v) is 4.63. The Morgan fingerprint density at radius 3 is 3.21 bits per heavy atom. The van der Waals surface area contributed by atoms with E-state index >= 15 is 0 Å². The van der Waals surface area contributed by atoms with Gasteiger partial charge in [-0.25, -0.2) is 0 Å². The van der Waals surface area contributed by atoms with Crippen LogP contribution in [0.5, 0.6) is 0 Å². The van der Waals surface area contributed by atoms with Crippen LogP contribution in [-0.2, 0) is 22.1 Å². The summed E-state index contributed by atoms with van der Waals surface area (Å²) in [7, 11) is 1.93. The molecule has 4 nitrogen and oxygen atoms in total. The zero-order valence-electron chi connectivity index (χ0n) is 7.86. The first kappa shape index (κ1) is 8.88. The molecule has 1 aromatic rings. The van der Waals surface area contributed by atoms with Crippen LogP contribution in [0.3, 0.4) is 0 Å². The number of rotatable bonds is 1. The third-order valence-electron chi connectivity index (χ3n) is 2.90. The molecule has 3 rings (SSSR count). The summed E-state index contributed by atoms with van der Waals surface area (Å²) in [6.07, 6.45) is 3.82. The van der Waals surface area contributed by atoms with Gasteiger partial charge < -0.3 is 9.47 Å². The molecular weight excluding hydrogens is 248 g/mol. The first-order valence-corrected chi connectivity index (χ1v) is 5.51. The zero-order chi connectivity index (χ0) is 9.76. The Labute approximate surface area is 90.3 Å². The number of aryl methyl sites for hydroxylation is 1. The summed E-state index contributed by atoms with van der Waals surface area (Å²) in [6.45, 7) is 0.807. The Bertz CT molecular complexity index is 359. The van der Waals surface area contributed by atoms with Crippen molar-refractivity contribution in [2.45, 2.75) is 24.7 Å². The van der Waals surface area contributed by atoms with Crippen molar-refractivity contribution in [2.24, 2.45) is 7.05 Å². The topological polar surface area (TPSA) is 39.6 Å². The molecule has 0 spiro atoms. The highest BCUT2D eigenvalue weighted by Gasteiger charge is 2.62. The van der Waals surface area contributed by atoms with Gasteiger partial charge in [-0.1, -0.05) is 0 Å². The number of fused-ring (bicyclic) bond motifs is 1. The van der Waals surface area contributed by atoms with E-state index in [1.807, 2.05) is 11.7 Å². The molecule has 2 atom stereocenters. The lowest BCUT2D eigenvalue weighted by atomic mass is 9.97. The molecule has 0 unspecified atom stereocenters. The Kier molecular flexibility index (Phi) is 1.78. The van der Waals surface area contributed by atoms with Crippen LogP contribution in [0, 0.1) is 0 Å². The minimum absolute atomic E-state index is 0.0528. The molecule has 5 heteroatoms. The highest BCUT2D eigenvalue weighted by atomic mass is 79.9. The largest absolute Gasteiger partial charge is 0.349 e. The van der Waals surface area contributed by atoms with Crippen LogP contribution in [0.25, 0.3) is 0 Å². The van der Waals surface area contributed by atoms with E-state index < -0.39 is 0 Å². The number of halogens is 1. The number of hydrogen-bond donors (Lipinski definition) is 0. The van der Waals surface area contributed by atoms with E-state index in [-0.39, 0.29) is 11.9 Å². The summed E-state index contributed by atoms with van der Waals surface area (Å²) >= 11 is 3.50. The summed E-state index contributed by atoms with van der Waals surface area (Å²) in [5, 5.41) is 4.20. The number of ether oxygens (including phenoxy) is 2. The molecule has 0 amide bonds. The summed E-state index contributed by atoms with van der Waals surface area (Å²) in [6, 6.07) is 0. The van der Waals surface area contributed by atoms with E-state index in [1.54, 1.807) is 6.20 Å². The van der Waals surface area contributed by atoms with Crippen LogP contribution in [0.4, 0.5) is 0 Å². The molecule has 0 radical (unpaired) electrons. The summed E-state index contributed by atoms with van der Waals surface area (Å²) in [5.41, 5.74) is 0.879. The minimum Gasteiger partial charge on any atom is -0.349 e. The van der Waals surface area contributed by atoms with Crippen molar-refractivity contribution in [3.63, 3.8) is 0 Å². The van der Waals surface area contributed by atoms with Crippen molar-refractivity contribution in [1.29, 1.82) is 0 Å². The van der Waals surface area contributed by atoms with Crippen molar-refractivity contribution >= 4 is 15.9 Å². The quantitative estimate of drug-likeness (QED) is 0.718. The lowest BCUT2D eigenvalue weighted by Gasteiger charge is -2.17. The highest BCUT2D eigenvalue weighted by Crippen LogP contribution is 2.54. The van der Waals surface area contributed by atoms with Crippen molar-refractivity contribution in [2.75, 3.05) is 6.61 Å². The molecule has 3 heterocycles. The molecule has 2 aliphatic heterocycles. The fourth-order valence-electron chi connectivity index (χ4n) is 2.20. The second-order valence-electron chi connectivity index (χ2n) is 3.78. The highest BCUT2D eigenvalue weighted by molar-refractivity contribution is 9.10. The molecule has 0 aliphatic carbocycles. The van der Waals surface area contributed by atoms with Crippen LogP contribution in [0.1, 0.15) is 18.5 Å². The summed E-state index contributed by atoms with van der Waals surface area (Å²) < 4.78 is 14.0. The van der Waals surface area contributed by atoms with Crippen LogP contribution < -0.4 is 0 Å². The molecule has 0 saturated carbocycles. The van der Waals surface area contributed by atoms with E-state index in [9.17, 15) is 0 Å². The van der Waals surface area contributed by atoms with E-state index in [1.165, 1.54) is 0 Å². The number of nitrogens with zero attached hydrogens (tertiary/aromatic N) is 2. The first-order chi connectivity index (χ1) is 6.74. The maximum atomic E-state index is 5.66. The Morgan fingerprint density at radius 1 is 1.71 bits per heavy atom. The molecule has 0 bridgehead atoms. The van der Waals surface area contributed by atoms with Gasteiger partial charge in [0, 0.05) is 7.05 Å². The zero-order valence-corrected chi connectivity index (χ0v) is 9.45. The average Bonchev–Trinajstić information content (AvgIpc) is 2.81. The van der Waals surface area contributed by atoms with Gasteiger partial charge in [0.15, 0.2) is 11.9 Å². The van der Waals surface area contributed by atoms with Gasteiger partial charge in [0.05, 0.1) is 23.0 Å². The molecule has 14 heavy (non-hydrogen) atoms. The fraction of sp³-hybridized carbons (Fsp3) is 0.667. The number of aromatic nitrogens is 2. The van der Waals surface area contributed by atoms with Gasteiger partial charge >= 0.3 is 0 Å². The van der Waals surface area contributed by atoms with Crippen molar-refractivity contribution in [3.05, 3.63) is 16.4 Å². The van der Waals surface area contributed by atoms with Crippen LogP contribution >= 0.6 is 15.9 Å². The standard InChI is InChI=1S/C9H11BrN2O2/c1-12-7(6(10)5-11-12)9-3-2-4-13-8(9)14-9/h5,8H,2-4H2,1H3/t8-,9+/m0/s1. The Morgan fingerprint density at radius 2 is 2.57 bits per heavy atom. The van der Waals surface area contributed by atoms with Crippen LogP contribution in [-0.4, -0.2) is 22.7 Å². The molecule has 2 saturated heterocycles. The summed E-state index contributed by atoms with van der Waals surface area (Å²) in [5.74, 6) is 0. The Balaban J connectivity index is 2.03. The lowest BCUT2D eigenvalue weighted by Crippen LogP contribution is -2.24. The van der Waals surface area contributed by atoms with Gasteiger partial charge in [-0.05, 0) is 28.8 Å². The minimum atomic E-state index is -0.220. The maximum Gasteiger partial charge on any atom is 0.193 e. The van der Waals surface area contributed by atoms with E-state index in [2.05, 4.69) is 21.0 Å². The van der Waals surface area contributed by atoms with E-state index in [0.29, 0.717) is 0 Å². The predicted molar refractivity (Wildman–Crippen MR) is 52.6 cm³/mol. The number of hydrogen-bond acceptors (Lipinski definition) is 3. The molecule has 0 N–H and O–H groups in total. The third-order valence-corrected chi connectivity index (χ3v) is 3.48. The first-order valence-electron chi connectivity index (χ1n) is 4.71. The molecular formula is C9H11BrN2O2. The predicted octanol–water partition coefficient (Wildman–Crippen LogP) is 1.54. The van der Waals surface area contributed by atoms with Gasteiger partial charge in [0.2, 0.25) is 0 Å². The average molecular weight is 259 g/mol. The maximum absolute atomic E-state index is 5.66. The van der Waals surface area contributed by atoms with Gasteiger partial charge in [-0.15, -0.1) is 0 Å². The molecule has 0 aromatic carbocycles. The van der Waals surface area contributed by atoms with E-state index in [0.717, 1.165) is 29.6 Å². The number of epoxide rings is 1. The third kappa shape index (κ3) is 1.03. The molecule has 2 fully saturated rings. The SMILES string of the molecule is Cn1ncc(Br)c1[C@]12CCCO[C@H]1O2.